The number of hydrogen-bond acceptors (Lipinski definition) is 2. The summed E-state index contributed by atoms with van der Waals surface area (Å²) in [4.78, 5) is 1.97. The summed E-state index contributed by atoms with van der Waals surface area (Å²) >= 11 is 3.37. The number of nitrogens with zero attached hydrogens (tertiary/aromatic N) is 1. The molecule has 1 aromatic rings. The van der Waals surface area contributed by atoms with Gasteiger partial charge in [0.2, 0.25) is 0 Å². The van der Waals surface area contributed by atoms with E-state index in [-0.39, 0.29) is 0 Å². The Hall–Kier alpha value is -0.450. The van der Waals surface area contributed by atoms with Crippen LogP contribution in [0.5, 0.6) is 0 Å². The summed E-state index contributed by atoms with van der Waals surface area (Å²) in [5.74, 6) is 0. The van der Waals surface area contributed by atoms with Crippen molar-refractivity contribution < 1.29 is 9.50 Å². The van der Waals surface area contributed by atoms with Crippen molar-refractivity contribution in [2.24, 2.45) is 0 Å². The molecule has 0 spiro atoms. The first-order chi connectivity index (χ1) is 7.65. The molecule has 0 radical (unpaired) electrons. The monoisotopic (exact) mass is 287 g/mol. The molecule has 1 aliphatic heterocycles. The Morgan fingerprint density at radius 2 is 2.38 bits per heavy atom. The Morgan fingerprint density at radius 1 is 1.56 bits per heavy atom. The Kier molecular flexibility index (Phi) is 3.95. The maximum Gasteiger partial charge on any atom is 0.114 e. The van der Waals surface area contributed by atoms with Gasteiger partial charge in [0.05, 0.1) is 6.10 Å². The first-order valence-corrected chi connectivity index (χ1v) is 6.24. The van der Waals surface area contributed by atoms with Crippen molar-refractivity contribution >= 4 is 15.9 Å². The standard InChI is InChI=1S/C12H15BrFNO/c13-10-3-1-2-9(6-10)12(16)8-15-5-4-11(14)7-15/h1-3,6,11-12,16H,4-5,7-8H2/t11?,12-/m1/s1. The van der Waals surface area contributed by atoms with Crippen LogP contribution in [0.2, 0.25) is 0 Å². The lowest BCUT2D eigenvalue weighted by Gasteiger charge is -2.19. The van der Waals surface area contributed by atoms with Gasteiger partial charge in [-0.1, -0.05) is 28.1 Å². The average molecular weight is 288 g/mol. The zero-order chi connectivity index (χ0) is 11.5. The van der Waals surface area contributed by atoms with Gasteiger partial charge in [-0.3, -0.25) is 4.90 Å². The summed E-state index contributed by atoms with van der Waals surface area (Å²) in [7, 11) is 0. The van der Waals surface area contributed by atoms with Crippen LogP contribution < -0.4 is 0 Å². The van der Waals surface area contributed by atoms with Crippen molar-refractivity contribution in [3.63, 3.8) is 0 Å². The summed E-state index contributed by atoms with van der Waals surface area (Å²) in [5.41, 5.74) is 0.872. The van der Waals surface area contributed by atoms with Gasteiger partial charge in [-0.05, 0) is 24.1 Å². The van der Waals surface area contributed by atoms with Crippen molar-refractivity contribution in [2.75, 3.05) is 19.6 Å². The van der Waals surface area contributed by atoms with E-state index in [0.29, 0.717) is 19.5 Å². The van der Waals surface area contributed by atoms with Gasteiger partial charge in [0.25, 0.3) is 0 Å². The number of halogens is 2. The van der Waals surface area contributed by atoms with Gasteiger partial charge in [-0.2, -0.15) is 0 Å². The highest BCUT2D eigenvalue weighted by atomic mass is 79.9. The molecule has 1 N–H and O–H groups in total. The van der Waals surface area contributed by atoms with E-state index in [1.54, 1.807) is 0 Å². The number of benzene rings is 1. The molecule has 0 saturated carbocycles. The molecule has 1 aliphatic rings. The van der Waals surface area contributed by atoms with Gasteiger partial charge >= 0.3 is 0 Å². The normalized spacial score (nSPS) is 23.6. The highest BCUT2D eigenvalue weighted by Gasteiger charge is 2.23. The molecule has 1 aromatic carbocycles. The van der Waals surface area contributed by atoms with E-state index in [2.05, 4.69) is 15.9 Å². The van der Waals surface area contributed by atoms with E-state index in [1.165, 1.54) is 0 Å². The van der Waals surface area contributed by atoms with Crippen LogP contribution in [0, 0.1) is 0 Å². The van der Waals surface area contributed by atoms with Crippen molar-refractivity contribution in [3.05, 3.63) is 34.3 Å². The molecule has 1 heterocycles. The van der Waals surface area contributed by atoms with Crippen molar-refractivity contribution in [2.45, 2.75) is 18.7 Å². The lowest BCUT2D eigenvalue weighted by Crippen LogP contribution is -2.26. The Balaban J connectivity index is 1.95. The number of alkyl halides is 1. The average Bonchev–Trinajstić information content (AvgIpc) is 2.64. The number of β-amino-alcohol motifs (C(OH)–C–C–N with tert-alkyl or cyclic N) is 1. The lowest BCUT2D eigenvalue weighted by molar-refractivity contribution is 0.122. The highest BCUT2D eigenvalue weighted by molar-refractivity contribution is 9.10. The Labute approximate surface area is 103 Å². The van der Waals surface area contributed by atoms with Gasteiger partial charge in [-0.25, -0.2) is 4.39 Å². The van der Waals surface area contributed by atoms with E-state index in [9.17, 15) is 9.50 Å². The van der Waals surface area contributed by atoms with Crippen LogP contribution in [0.3, 0.4) is 0 Å². The van der Waals surface area contributed by atoms with Gasteiger partial charge < -0.3 is 5.11 Å². The molecule has 2 atom stereocenters. The van der Waals surface area contributed by atoms with Gasteiger partial charge in [0.1, 0.15) is 6.17 Å². The van der Waals surface area contributed by atoms with Gasteiger partial charge in [0.15, 0.2) is 0 Å². The number of likely N-dealkylation sites (tertiary alicyclic amines) is 1. The fraction of sp³-hybridized carbons (Fsp3) is 0.500. The molecule has 2 rings (SSSR count). The minimum absolute atomic E-state index is 0.449. The van der Waals surface area contributed by atoms with Crippen LogP contribution in [-0.2, 0) is 0 Å². The second-order valence-electron chi connectivity index (χ2n) is 4.22. The van der Waals surface area contributed by atoms with Crippen LogP contribution in [0.25, 0.3) is 0 Å². The molecule has 0 bridgehead atoms. The summed E-state index contributed by atoms with van der Waals surface area (Å²) in [6.45, 7) is 1.70. The number of aliphatic hydroxyl groups excluding tert-OH is 1. The van der Waals surface area contributed by atoms with Crippen LogP contribution >= 0.6 is 15.9 Å². The molecule has 1 saturated heterocycles. The molecular weight excluding hydrogens is 273 g/mol. The van der Waals surface area contributed by atoms with Crippen LogP contribution in [0.1, 0.15) is 18.1 Å². The predicted octanol–water partition coefficient (Wildman–Crippen LogP) is 2.53. The SMILES string of the molecule is O[C@H](CN1CCC(F)C1)c1cccc(Br)c1. The smallest absolute Gasteiger partial charge is 0.114 e. The maximum absolute atomic E-state index is 13.0. The van der Waals surface area contributed by atoms with Crippen molar-refractivity contribution in [3.8, 4) is 0 Å². The number of hydrogen-bond donors (Lipinski definition) is 1. The number of aliphatic hydroxyl groups is 1. The lowest BCUT2D eigenvalue weighted by atomic mass is 10.1. The van der Waals surface area contributed by atoms with E-state index >= 15 is 0 Å². The molecule has 0 aliphatic carbocycles. The van der Waals surface area contributed by atoms with Crippen molar-refractivity contribution in [1.29, 1.82) is 0 Å². The minimum atomic E-state index is -0.727. The van der Waals surface area contributed by atoms with E-state index < -0.39 is 12.3 Å². The third-order valence-electron chi connectivity index (χ3n) is 2.88. The van der Waals surface area contributed by atoms with E-state index in [1.807, 2.05) is 29.2 Å². The first kappa shape index (κ1) is 12.0. The maximum atomic E-state index is 13.0. The minimum Gasteiger partial charge on any atom is -0.387 e. The topological polar surface area (TPSA) is 23.5 Å². The summed E-state index contributed by atoms with van der Waals surface area (Å²) in [5, 5.41) is 10.0. The highest BCUT2D eigenvalue weighted by Crippen LogP contribution is 2.21. The van der Waals surface area contributed by atoms with Gasteiger partial charge in [0, 0.05) is 24.1 Å². The molecule has 88 valence electrons. The largest absolute Gasteiger partial charge is 0.387 e. The van der Waals surface area contributed by atoms with E-state index in [4.69, 9.17) is 0 Å². The fourth-order valence-electron chi connectivity index (χ4n) is 2.02. The third kappa shape index (κ3) is 3.03. The first-order valence-electron chi connectivity index (χ1n) is 5.45. The van der Waals surface area contributed by atoms with Crippen molar-refractivity contribution in [1.82, 2.24) is 4.90 Å². The Bertz CT molecular complexity index is 361. The summed E-state index contributed by atoms with van der Waals surface area (Å²) in [6.07, 6.45) is -0.678. The molecule has 0 aromatic heterocycles. The van der Waals surface area contributed by atoms with E-state index in [0.717, 1.165) is 16.6 Å². The second-order valence-corrected chi connectivity index (χ2v) is 5.13. The molecule has 16 heavy (non-hydrogen) atoms. The quantitative estimate of drug-likeness (QED) is 0.924. The van der Waals surface area contributed by atoms with Crippen LogP contribution in [0.15, 0.2) is 28.7 Å². The van der Waals surface area contributed by atoms with Crippen LogP contribution in [0.4, 0.5) is 4.39 Å². The Morgan fingerprint density at radius 3 is 3.00 bits per heavy atom. The summed E-state index contributed by atoms with van der Waals surface area (Å²) in [6, 6.07) is 7.60. The number of rotatable bonds is 3. The molecule has 0 amide bonds. The zero-order valence-electron chi connectivity index (χ0n) is 8.94. The molecular formula is C12H15BrFNO. The molecule has 1 fully saturated rings. The summed E-state index contributed by atoms with van der Waals surface area (Å²) < 4.78 is 13.9. The third-order valence-corrected chi connectivity index (χ3v) is 3.37. The second kappa shape index (κ2) is 5.25. The van der Waals surface area contributed by atoms with Gasteiger partial charge in [-0.15, -0.1) is 0 Å². The zero-order valence-corrected chi connectivity index (χ0v) is 10.5. The molecule has 2 nitrogen and oxygen atoms in total. The molecule has 1 unspecified atom stereocenters. The van der Waals surface area contributed by atoms with Crippen LogP contribution in [-0.4, -0.2) is 35.8 Å². The fourth-order valence-corrected chi connectivity index (χ4v) is 2.43. The molecule has 4 heteroatoms. The predicted molar refractivity (Wildman–Crippen MR) is 65.1 cm³/mol.